The van der Waals surface area contributed by atoms with Gasteiger partial charge in [-0.05, 0) is 39.8 Å². The number of halogens is 5. The molecule has 0 bridgehead atoms. The monoisotopic (exact) mass is 377 g/mol. The van der Waals surface area contributed by atoms with Crippen LogP contribution >= 0.6 is 27.3 Å². The Morgan fingerprint density at radius 2 is 2.10 bits per heavy atom. The minimum absolute atomic E-state index is 0.0857. The normalized spacial score (nSPS) is 13.9. The second-order valence-electron chi connectivity index (χ2n) is 4.26. The molecule has 0 aliphatic heterocycles. The number of ether oxygens (including phenoxy) is 1. The molecule has 116 valence electrons. The first-order valence-corrected chi connectivity index (χ1v) is 7.80. The van der Waals surface area contributed by atoms with E-state index in [4.69, 9.17) is 4.74 Å². The van der Waals surface area contributed by atoms with Gasteiger partial charge in [0.05, 0.1) is 12.6 Å². The Labute approximate surface area is 127 Å². The van der Waals surface area contributed by atoms with E-state index in [2.05, 4.69) is 21.2 Å². The molecule has 1 rings (SSSR count). The molecule has 20 heavy (non-hydrogen) atoms. The Balaban J connectivity index is 2.56. The molecule has 0 saturated heterocycles. The summed E-state index contributed by atoms with van der Waals surface area (Å²) in [5.41, 5.74) is 0.879. The highest BCUT2D eigenvalue weighted by atomic mass is 79.9. The van der Waals surface area contributed by atoms with E-state index in [1.54, 1.807) is 0 Å². The van der Waals surface area contributed by atoms with Crippen LogP contribution in [0, 0.1) is 0 Å². The van der Waals surface area contributed by atoms with Crippen LogP contribution in [0.3, 0.4) is 0 Å². The zero-order valence-electron chi connectivity index (χ0n) is 10.8. The number of hydrogen-bond acceptors (Lipinski definition) is 3. The van der Waals surface area contributed by atoms with E-state index in [0.29, 0.717) is 6.54 Å². The van der Waals surface area contributed by atoms with Crippen LogP contribution in [-0.2, 0) is 4.74 Å². The van der Waals surface area contributed by atoms with Crippen molar-refractivity contribution in [3.8, 4) is 0 Å². The highest BCUT2D eigenvalue weighted by Crippen LogP contribution is 2.28. The lowest BCUT2D eigenvalue weighted by molar-refractivity contribution is -0.167. The summed E-state index contributed by atoms with van der Waals surface area (Å²) in [5, 5.41) is 6.88. The first-order chi connectivity index (χ1) is 9.38. The van der Waals surface area contributed by atoms with Crippen molar-refractivity contribution in [3.05, 3.63) is 20.8 Å². The molecule has 0 aromatic carbocycles. The summed E-state index contributed by atoms with van der Waals surface area (Å²) < 4.78 is 55.2. The highest BCUT2D eigenvalue weighted by Gasteiger charge is 2.41. The lowest BCUT2D eigenvalue weighted by atomic mass is 10.1. The van der Waals surface area contributed by atoms with Crippen LogP contribution in [0.25, 0.3) is 0 Å². The molecule has 0 fully saturated rings. The molecule has 0 saturated carbocycles. The van der Waals surface area contributed by atoms with Gasteiger partial charge in [-0.2, -0.15) is 20.1 Å². The lowest BCUT2D eigenvalue weighted by Gasteiger charge is -2.21. The Kier molecular flexibility index (Phi) is 7.42. The molecule has 2 nitrogen and oxygen atoms in total. The Morgan fingerprint density at radius 1 is 1.40 bits per heavy atom. The van der Waals surface area contributed by atoms with E-state index in [1.807, 2.05) is 17.7 Å². The molecule has 0 aliphatic rings. The largest absolute Gasteiger partial charge is 0.373 e. The van der Waals surface area contributed by atoms with Crippen molar-refractivity contribution in [1.29, 1.82) is 0 Å². The third-order valence-corrected chi connectivity index (χ3v) is 4.31. The van der Waals surface area contributed by atoms with Gasteiger partial charge in [-0.15, -0.1) is 0 Å². The zero-order valence-corrected chi connectivity index (χ0v) is 13.2. The van der Waals surface area contributed by atoms with Gasteiger partial charge in [0.15, 0.2) is 0 Å². The van der Waals surface area contributed by atoms with Crippen LogP contribution in [0.15, 0.2) is 15.2 Å². The number of hydrogen-bond donors (Lipinski definition) is 1. The van der Waals surface area contributed by atoms with Gasteiger partial charge in [-0.1, -0.05) is 6.92 Å². The number of nitrogens with one attached hydrogen (secondary N) is 1. The van der Waals surface area contributed by atoms with Crippen LogP contribution in [0.5, 0.6) is 0 Å². The molecule has 0 amide bonds. The minimum Gasteiger partial charge on any atom is -0.373 e. The maximum absolute atomic E-state index is 12.8. The van der Waals surface area contributed by atoms with Crippen molar-refractivity contribution in [3.63, 3.8) is 0 Å². The molecule has 0 radical (unpaired) electrons. The first kappa shape index (κ1) is 17.9. The van der Waals surface area contributed by atoms with Crippen molar-refractivity contribution in [2.75, 3.05) is 19.8 Å². The van der Waals surface area contributed by atoms with Crippen LogP contribution < -0.4 is 5.32 Å². The van der Waals surface area contributed by atoms with Gasteiger partial charge < -0.3 is 10.1 Å². The van der Waals surface area contributed by atoms with Crippen molar-refractivity contribution >= 4 is 27.3 Å². The van der Waals surface area contributed by atoms with Gasteiger partial charge in [0.25, 0.3) is 0 Å². The number of rotatable bonds is 9. The average molecular weight is 378 g/mol. The summed E-state index contributed by atoms with van der Waals surface area (Å²) in [4.78, 5) is 0. The van der Waals surface area contributed by atoms with E-state index < -0.39 is 19.0 Å². The summed E-state index contributed by atoms with van der Waals surface area (Å²) in [6.07, 6.45) is -2.84. The minimum atomic E-state index is -4.11. The van der Waals surface area contributed by atoms with Crippen LogP contribution in [0.4, 0.5) is 17.6 Å². The van der Waals surface area contributed by atoms with Gasteiger partial charge >= 0.3 is 12.3 Å². The molecule has 1 atom stereocenters. The van der Waals surface area contributed by atoms with Crippen molar-refractivity contribution in [2.24, 2.45) is 0 Å². The lowest BCUT2D eigenvalue weighted by Crippen LogP contribution is -2.34. The van der Waals surface area contributed by atoms with E-state index in [1.165, 1.54) is 11.3 Å². The third-order valence-electron chi connectivity index (χ3n) is 2.56. The molecular weight excluding hydrogens is 362 g/mol. The van der Waals surface area contributed by atoms with Crippen molar-refractivity contribution < 1.29 is 22.3 Å². The van der Waals surface area contributed by atoms with Gasteiger partial charge in [0.1, 0.15) is 6.61 Å². The number of thiophene rings is 1. The zero-order chi connectivity index (χ0) is 15.2. The molecule has 0 aliphatic carbocycles. The summed E-state index contributed by atoms with van der Waals surface area (Å²) in [6.45, 7) is 1.29. The molecule has 1 heterocycles. The summed E-state index contributed by atoms with van der Waals surface area (Å²) in [7, 11) is 0. The van der Waals surface area contributed by atoms with E-state index in [0.717, 1.165) is 16.5 Å². The van der Waals surface area contributed by atoms with Crippen LogP contribution in [-0.4, -0.2) is 32.1 Å². The predicted molar refractivity (Wildman–Crippen MR) is 74.8 cm³/mol. The molecular formula is C12H16BrF4NOS. The Morgan fingerprint density at radius 3 is 2.60 bits per heavy atom. The Hall–Kier alpha value is -0.180. The maximum atomic E-state index is 12.8. The average Bonchev–Trinajstić information content (AvgIpc) is 2.79. The Bertz CT molecular complexity index is 403. The SMILES string of the molecule is CCCNC(COCC(F)(F)C(F)F)c1cscc1Br. The fourth-order valence-electron chi connectivity index (χ4n) is 1.49. The molecule has 1 unspecified atom stereocenters. The summed E-state index contributed by atoms with van der Waals surface area (Å²) in [5.74, 6) is -4.11. The summed E-state index contributed by atoms with van der Waals surface area (Å²) in [6, 6.07) is -0.302. The van der Waals surface area contributed by atoms with Gasteiger partial charge in [-0.3, -0.25) is 0 Å². The predicted octanol–water partition coefficient (Wildman–Crippen LogP) is 4.47. The van der Waals surface area contributed by atoms with Gasteiger partial charge in [-0.25, -0.2) is 8.78 Å². The summed E-state index contributed by atoms with van der Waals surface area (Å²) >= 11 is 4.82. The van der Waals surface area contributed by atoms with E-state index in [9.17, 15) is 17.6 Å². The fraction of sp³-hybridized carbons (Fsp3) is 0.667. The van der Waals surface area contributed by atoms with Gasteiger partial charge in [0, 0.05) is 9.85 Å². The molecule has 8 heteroatoms. The fourth-order valence-corrected chi connectivity index (χ4v) is 3.12. The first-order valence-electron chi connectivity index (χ1n) is 6.07. The topological polar surface area (TPSA) is 21.3 Å². The van der Waals surface area contributed by atoms with E-state index in [-0.39, 0.29) is 12.6 Å². The second kappa shape index (κ2) is 8.31. The van der Waals surface area contributed by atoms with Gasteiger partial charge in [0.2, 0.25) is 0 Å². The number of alkyl halides is 4. The van der Waals surface area contributed by atoms with Crippen molar-refractivity contribution in [2.45, 2.75) is 31.7 Å². The van der Waals surface area contributed by atoms with Crippen molar-refractivity contribution in [1.82, 2.24) is 5.32 Å². The second-order valence-corrected chi connectivity index (χ2v) is 5.86. The highest BCUT2D eigenvalue weighted by molar-refractivity contribution is 9.10. The molecule has 0 spiro atoms. The standard InChI is InChI=1S/C12H16BrF4NOS/c1-2-3-18-10(8-5-20-6-9(8)13)4-19-7-12(16,17)11(14)15/h5-6,10-11,18H,2-4,7H2,1H3. The molecule has 1 aromatic rings. The van der Waals surface area contributed by atoms with Crippen LogP contribution in [0.1, 0.15) is 24.9 Å². The molecule has 1 N–H and O–H groups in total. The quantitative estimate of drug-likeness (QED) is 0.641. The van der Waals surface area contributed by atoms with Crippen LogP contribution in [0.2, 0.25) is 0 Å². The smallest absolute Gasteiger partial charge is 0.330 e. The van der Waals surface area contributed by atoms with E-state index >= 15 is 0 Å². The molecule has 1 aromatic heterocycles. The third kappa shape index (κ3) is 5.31. The maximum Gasteiger partial charge on any atom is 0.330 e.